The van der Waals surface area contributed by atoms with Crippen LogP contribution in [0.4, 0.5) is 0 Å². The van der Waals surface area contributed by atoms with Gasteiger partial charge in [0, 0.05) is 17.9 Å². The van der Waals surface area contributed by atoms with Crippen molar-refractivity contribution >= 4 is 17.6 Å². The van der Waals surface area contributed by atoms with Crippen LogP contribution in [0.15, 0.2) is 28.8 Å². The van der Waals surface area contributed by atoms with Crippen molar-refractivity contribution in [2.45, 2.75) is 19.3 Å². The molecular weight excluding hydrogens is 256 g/mol. The minimum atomic E-state index is -0.888. The van der Waals surface area contributed by atoms with Gasteiger partial charge in [-0.3, -0.25) is 4.79 Å². The number of benzene rings is 1. The molecule has 2 aromatic rings. The minimum Gasteiger partial charge on any atom is -0.481 e. The lowest BCUT2D eigenvalue weighted by Gasteiger charge is -1.98. The fraction of sp³-hybridized carbons (Fsp3) is 0.250. The number of aliphatic carboxylic acids is 1. The summed E-state index contributed by atoms with van der Waals surface area (Å²) in [6, 6.07) is 7.41. The van der Waals surface area contributed by atoms with Crippen LogP contribution in [0.5, 0.6) is 0 Å². The number of hydrogen-bond acceptors (Lipinski definition) is 4. The second kappa shape index (κ2) is 5.64. The number of carboxylic acids is 1. The van der Waals surface area contributed by atoms with Gasteiger partial charge in [0.15, 0.2) is 5.82 Å². The predicted molar refractivity (Wildman–Crippen MR) is 64.5 cm³/mol. The molecule has 1 heterocycles. The molecule has 18 heavy (non-hydrogen) atoms. The third kappa shape index (κ3) is 3.30. The Morgan fingerprint density at radius 1 is 1.39 bits per heavy atom. The Kier molecular flexibility index (Phi) is 3.94. The summed E-state index contributed by atoms with van der Waals surface area (Å²) >= 11 is 6.02. The first kappa shape index (κ1) is 12.6. The topological polar surface area (TPSA) is 76.2 Å². The van der Waals surface area contributed by atoms with Crippen molar-refractivity contribution in [3.63, 3.8) is 0 Å². The molecule has 1 aromatic carbocycles. The lowest BCUT2D eigenvalue weighted by Crippen LogP contribution is -1.98. The highest BCUT2D eigenvalue weighted by molar-refractivity contribution is 6.31. The monoisotopic (exact) mass is 266 g/mol. The van der Waals surface area contributed by atoms with Gasteiger partial charge in [0.2, 0.25) is 5.89 Å². The van der Waals surface area contributed by atoms with Crippen LogP contribution in [0.25, 0.3) is 0 Å². The Balaban J connectivity index is 2.02. The minimum absolute atomic E-state index is 0.0201. The molecule has 0 aliphatic heterocycles. The normalized spacial score (nSPS) is 10.5. The number of carbonyl (C=O) groups is 1. The van der Waals surface area contributed by atoms with Gasteiger partial charge in [0.25, 0.3) is 0 Å². The second-order valence-electron chi connectivity index (χ2n) is 3.77. The number of aromatic nitrogens is 2. The molecule has 0 amide bonds. The Morgan fingerprint density at radius 2 is 2.17 bits per heavy atom. The molecule has 0 fully saturated rings. The molecule has 0 radical (unpaired) electrons. The fourth-order valence-corrected chi connectivity index (χ4v) is 1.69. The number of carboxylic acid groups (broad SMARTS) is 1. The summed E-state index contributed by atoms with van der Waals surface area (Å²) in [5.41, 5.74) is 0.907. The molecule has 0 aliphatic rings. The molecule has 0 aliphatic carbocycles. The van der Waals surface area contributed by atoms with E-state index in [1.165, 1.54) is 0 Å². The summed E-state index contributed by atoms with van der Waals surface area (Å²) in [6.45, 7) is 0. The zero-order valence-electron chi connectivity index (χ0n) is 9.47. The average Bonchev–Trinajstić information content (AvgIpc) is 2.77. The molecule has 6 heteroatoms. The highest BCUT2D eigenvalue weighted by Gasteiger charge is 2.10. The third-order valence-corrected chi connectivity index (χ3v) is 2.74. The van der Waals surface area contributed by atoms with E-state index in [9.17, 15) is 4.79 Å². The van der Waals surface area contributed by atoms with Crippen molar-refractivity contribution in [3.05, 3.63) is 46.6 Å². The Hall–Kier alpha value is -1.88. The van der Waals surface area contributed by atoms with Crippen LogP contribution in [-0.4, -0.2) is 21.2 Å². The van der Waals surface area contributed by atoms with E-state index in [1.807, 2.05) is 18.2 Å². The summed E-state index contributed by atoms with van der Waals surface area (Å²) in [6.07, 6.45) is 0.689. The Bertz CT molecular complexity index is 554. The number of aryl methyl sites for hydroxylation is 1. The van der Waals surface area contributed by atoms with Gasteiger partial charge in [0.05, 0.1) is 6.42 Å². The lowest BCUT2D eigenvalue weighted by atomic mass is 10.1. The van der Waals surface area contributed by atoms with E-state index in [0.29, 0.717) is 23.2 Å². The first-order valence-corrected chi connectivity index (χ1v) is 5.79. The van der Waals surface area contributed by atoms with Crippen molar-refractivity contribution in [1.29, 1.82) is 0 Å². The molecule has 0 saturated carbocycles. The predicted octanol–water partition coefficient (Wildman–Crippen LogP) is 2.33. The molecule has 1 aromatic heterocycles. The van der Waals surface area contributed by atoms with E-state index in [0.717, 1.165) is 5.56 Å². The van der Waals surface area contributed by atoms with Gasteiger partial charge >= 0.3 is 5.97 Å². The van der Waals surface area contributed by atoms with E-state index in [2.05, 4.69) is 10.1 Å². The van der Waals surface area contributed by atoms with Crippen molar-refractivity contribution in [3.8, 4) is 0 Å². The zero-order valence-corrected chi connectivity index (χ0v) is 10.2. The van der Waals surface area contributed by atoms with Crippen LogP contribution >= 0.6 is 11.6 Å². The van der Waals surface area contributed by atoms with Crippen molar-refractivity contribution in [1.82, 2.24) is 10.1 Å². The van der Waals surface area contributed by atoms with Crippen LogP contribution < -0.4 is 0 Å². The van der Waals surface area contributed by atoms with Crippen molar-refractivity contribution in [2.24, 2.45) is 0 Å². The molecule has 5 nitrogen and oxygen atoms in total. The number of rotatable bonds is 5. The van der Waals surface area contributed by atoms with Gasteiger partial charge in [-0.25, -0.2) is 0 Å². The van der Waals surface area contributed by atoms with Crippen LogP contribution in [0.3, 0.4) is 0 Å². The van der Waals surface area contributed by atoms with Gasteiger partial charge in [-0.1, -0.05) is 35.0 Å². The molecule has 0 unspecified atom stereocenters. The number of hydrogen-bond donors (Lipinski definition) is 1. The van der Waals surface area contributed by atoms with Crippen molar-refractivity contribution < 1.29 is 14.4 Å². The highest BCUT2D eigenvalue weighted by atomic mass is 35.5. The molecule has 94 valence electrons. The molecule has 0 bridgehead atoms. The maximum absolute atomic E-state index is 10.4. The smallest absolute Gasteiger partial charge is 0.303 e. The third-order valence-electron chi connectivity index (χ3n) is 2.37. The van der Waals surface area contributed by atoms with E-state index in [4.69, 9.17) is 21.2 Å². The fourth-order valence-electron chi connectivity index (χ4n) is 1.49. The van der Waals surface area contributed by atoms with Gasteiger partial charge < -0.3 is 9.63 Å². The Morgan fingerprint density at radius 3 is 2.89 bits per heavy atom. The summed E-state index contributed by atoms with van der Waals surface area (Å²) in [5.74, 6) is -0.0520. The molecule has 1 N–H and O–H groups in total. The summed E-state index contributed by atoms with van der Waals surface area (Å²) in [4.78, 5) is 14.5. The summed E-state index contributed by atoms with van der Waals surface area (Å²) < 4.78 is 4.96. The van der Waals surface area contributed by atoms with Gasteiger partial charge in [-0.05, 0) is 11.6 Å². The first-order chi connectivity index (χ1) is 8.65. The first-order valence-electron chi connectivity index (χ1n) is 5.42. The summed E-state index contributed by atoms with van der Waals surface area (Å²) in [5, 5.41) is 13.0. The summed E-state index contributed by atoms with van der Waals surface area (Å²) in [7, 11) is 0. The average molecular weight is 267 g/mol. The van der Waals surface area contributed by atoms with Crippen LogP contribution in [0, 0.1) is 0 Å². The van der Waals surface area contributed by atoms with Crippen molar-refractivity contribution in [2.75, 3.05) is 0 Å². The van der Waals surface area contributed by atoms with E-state index < -0.39 is 5.97 Å². The van der Waals surface area contributed by atoms with Crippen LogP contribution in [-0.2, 0) is 17.6 Å². The number of nitrogens with zero attached hydrogens (tertiary/aromatic N) is 2. The molecule has 2 rings (SSSR count). The standard InChI is InChI=1S/C12H11ClN2O3/c13-9-4-2-1-3-8(9)7-10-14-11(18-15-10)5-6-12(16)17/h1-4H,5-7H2,(H,16,17). The maximum atomic E-state index is 10.4. The molecular formula is C12H11ClN2O3. The lowest BCUT2D eigenvalue weighted by molar-refractivity contribution is -0.137. The quantitative estimate of drug-likeness (QED) is 0.899. The second-order valence-corrected chi connectivity index (χ2v) is 4.17. The highest BCUT2D eigenvalue weighted by Crippen LogP contribution is 2.17. The van der Waals surface area contributed by atoms with E-state index >= 15 is 0 Å². The molecule has 0 atom stereocenters. The molecule has 0 saturated heterocycles. The van der Waals surface area contributed by atoms with Crippen LogP contribution in [0.2, 0.25) is 5.02 Å². The maximum Gasteiger partial charge on any atom is 0.303 e. The van der Waals surface area contributed by atoms with Crippen LogP contribution in [0.1, 0.15) is 23.7 Å². The van der Waals surface area contributed by atoms with E-state index in [1.54, 1.807) is 6.07 Å². The Labute approximate surface area is 108 Å². The molecule has 0 spiro atoms. The van der Waals surface area contributed by atoms with Gasteiger partial charge in [0.1, 0.15) is 0 Å². The SMILES string of the molecule is O=C(O)CCc1nc(Cc2ccccc2Cl)no1. The largest absolute Gasteiger partial charge is 0.481 e. The van der Waals surface area contributed by atoms with Gasteiger partial charge in [-0.2, -0.15) is 4.98 Å². The zero-order chi connectivity index (χ0) is 13.0. The van der Waals surface area contributed by atoms with E-state index in [-0.39, 0.29) is 12.8 Å². The number of halogens is 1. The van der Waals surface area contributed by atoms with Gasteiger partial charge in [-0.15, -0.1) is 0 Å².